The largest absolute Gasteiger partial charge is 0.463 e. The minimum Gasteiger partial charge on any atom is -0.463 e. The molecule has 0 spiro atoms. The first-order valence-electron chi connectivity index (χ1n) is 7.58. The van der Waals surface area contributed by atoms with Gasteiger partial charge in [-0.05, 0) is 11.4 Å². The molecule has 0 aliphatic carbocycles. The van der Waals surface area contributed by atoms with Gasteiger partial charge in [-0.25, -0.2) is 14.8 Å². The van der Waals surface area contributed by atoms with Crippen molar-refractivity contribution in [2.75, 3.05) is 43.1 Å². The number of aromatic nitrogens is 4. The number of anilines is 2. The van der Waals surface area contributed by atoms with E-state index in [0.717, 1.165) is 47.9 Å². The van der Waals surface area contributed by atoms with Crippen molar-refractivity contribution in [2.45, 2.75) is 0 Å². The highest BCUT2D eigenvalue weighted by Crippen LogP contribution is 2.30. The summed E-state index contributed by atoms with van der Waals surface area (Å²) in [6, 6.07) is 1.90. The maximum absolute atomic E-state index is 11.8. The highest BCUT2D eigenvalue weighted by molar-refractivity contribution is 7.17. The van der Waals surface area contributed by atoms with E-state index in [2.05, 4.69) is 30.0 Å². The van der Waals surface area contributed by atoms with Crippen LogP contribution in [0.5, 0.6) is 0 Å². The maximum Gasteiger partial charge on any atom is 0.376 e. The van der Waals surface area contributed by atoms with Crippen molar-refractivity contribution < 1.29 is 9.53 Å². The summed E-state index contributed by atoms with van der Waals surface area (Å²) < 4.78 is 5.77. The molecular formula is C15H16N6O2S. The summed E-state index contributed by atoms with van der Waals surface area (Å²) in [6.45, 7) is 3.36. The van der Waals surface area contributed by atoms with Crippen LogP contribution in [-0.2, 0) is 4.74 Å². The fraction of sp³-hybridized carbons (Fsp3) is 0.333. The molecule has 0 aromatic carbocycles. The van der Waals surface area contributed by atoms with Crippen LogP contribution in [0.3, 0.4) is 0 Å². The standard InChI is InChI=1S/C15H16N6O2S/c1-23-15(22)13-18-11-2-7-24-12(11)14(19-13)21-5-3-20(4-6-21)10-8-16-17-9-10/h2,7-9H,3-6H2,1H3,(H,16,17). The van der Waals surface area contributed by atoms with Gasteiger partial charge in [0.15, 0.2) is 5.82 Å². The van der Waals surface area contributed by atoms with Gasteiger partial charge in [0.2, 0.25) is 5.82 Å². The Morgan fingerprint density at radius 3 is 2.75 bits per heavy atom. The van der Waals surface area contributed by atoms with Crippen molar-refractivity contribution in [1.29, 1.82) is 0 Å². The van der Waals surface area contributed by atoms with Gasteiger partial charge in [0, 0.05) is 32.4 Å². The third-order valence-electron chi connectivity index (χ3n) is 4.08. The summed E-state index contributed by atoms with van der Waals surface area (Å²) in [6.07, 6.45) is 3.72. The maximum atomic E-state index is 11.8. The molecule has 4 rings (SSSR count). The zero-order chi connectivity index (χ0) is 16.5. The first-order valence-corrected chi connectivity index (χ1v) is 8.46. The van der Waals surface area contributed by atoms with E-state index in [4.69, 9.17) is 4.74 Å². The number of hydrogen-bond acceptors (Lipinski definition) is 8. The van der Waals surface area contributed by atoms with Crippen molar-refractivity contribution >= 4 is 39.0 Å². The second-order valence-corrected chi connectivity index (χ2v) is 6.34. The lowest BCUT2D eigenvalue weighted by atomic mass is 10.3. The second kappa shape index (κ2) is 6.08. The molecule has 124 valence electrons. The number of methoxy groups -OCH3 is 1. The van der Waals surface area contributed by atoms with E-state index in [9.17, 15) is 4.79 Å². The molecule has 3 aromatic rings. The van der Waals surface area contributed by atoms with Gasteiger partial charge in [-0.1, -0.05) is 0 Å². The third-order valence-corrected chi connectivity index (χ3v) is 4.98. The summed E-state index contributed by atoms with van der Waals surface area (Å²) in [7, 11) is 1.34. The van der Waals surface area contributed by atoms with Crippen LogP contribution in [-0.4, -0.2) is 59.4 Å². The number of hydrogen-bond donors (Lipinski definition) is 1. The number of thiophene rings is 1. The van der Waals surface area contributed by atoms with E-state index in [1.807, 2.05) is 23.8 Å². The molecule has 3 aromatic heterocycles. The van der Waals surface area contributed by atoms with Crippen LogP contribution in [0.15, 0.2) is 23.8 Å². The zero-order valence-electron chi connectivity index (χ0n) is 13.1. The molecule has 4 heterocycles. The molecule has 1 saturated heterocycles. The molecular weight excluding hydrogens is 328 g/mol. The molecule has 0 radical (unpaired) electrons. The molecule has 0 atom stereocenters. The Labute approximate surface area is 142 Å². The van der Waals surface area contributed by atoms with Gasteiger partial charge in [0.1, 0.15) is 0 Å². The number of piperazine rings is 1. The topological polar surface area (TPSA) is 87.2 Å². The fourth-order valence-corrected chi connectivity index (χ4v) is 3.69. The highest BCUT2D eigenvalue weighted by atomic mass is 32.1. The monoisotopic (exact) mass is 344 g/mol. The van der Waals surface area contributed by atoms with Gasteiger partial charge >= 0.3 is 5.97 Å². The minimum absolute atomic E-state index is 0.107. The molecule has 1 aliphatic rings. The molecule has 0 bridgehead atoms. The van der Waals surface area contributed by atoms with Crippen LogP contribution in [0.25, 0.3) is 10.2 Å². The fourth-order valence-electron chi connectivity index (χ4n) is 2.84. The quantitative estimate of drug-likeness (QED) is 0.721. The van der Waals surface area contributed by atoms with E-state index < -0.39 is 5.97 Å². The van der Waals surface area contributed by atoms with Crippen LogP contribution >= 0.6 is 11.3 Å². The molecule has 0 amide bonds. The minimum atomic E-state index is -0.513. The number of carbonyl (C=O) groups is 1. The number of aromatic amines is 1. The number of rotatable bonds is 3. The molecule has 24 heavy (non-hydrogen) atoms. The highest BCUT2D eigenvalue weighted by Gasteiger charge is 2.23. The van der Waals surface area contributed by atoms with Gasteiger partial charge < -0.3 is 14.5 Å². The lowest BCUT2D eigenvalue weighted by Gasteiger charge is -2.36. The Kier molecular flexibility index (Phi) is 3.77. The van der Waals surface area contributed by atoms with Gasteiger partial charge in [0.05, 0.1) is 29.2 Å². The predicted octanol–water partition coefficient (Wildman–Crippen LogP) is 1.53. The molecule has 8 nitrogen and oxygen atoms in total. The van der Waals surface area contributed by atoms with Crippen LogP contribution in [0.4, 0.5) is 11.5 Å². The van der Waals surface area contributed by atoms with Gasteiger partial charge in [-0.15, -0.1) is 11.3 Å². The number of carbonyl (C=O) groups excluding carboxylic acids is 1. The molecule has 9 heteroatoms. The van der Waals surface area contributed by atoms with Crippen LogP contribution in [0, 0.1) is 0 Å². The predicted molar refractivity (Wildman–Crippen MR) is 91.8 cm³/mol. The summed E-state index contributed by atoms with van der Waals surface area (Å²) in [5.41, 5.74) is 1.87. The zero-order valence-corrected chi connectivity index (χ0v) is 13.9. The summed E-state index contributed by atoms with van der Waals surface area (Å²) >= 11 is 1.59. The Hall–Kier alpha value is -2.68. The van der Waals surface area contributed by atoms with Gasteiger partial charge in [-0.3, -0.25) is 5.10 Å². The van der Waals surface area contributed by atoms with Crippen molar-refractivity contribution in [1.82, 2.24) is 20.2 Å². The lowest BCUT2D eigenvalue weighted by Crippen LogP contribution is -2.46. The van der Waals surface area contributed by atoms with Crippen LogP contribution in [0.1, 0.15) is 10.6 Å². The number of H-pyrrole nitrogens is 1. The van der Waals surface area contributed by atoms with Crippen molar-refractivity contribution in [3.8, 4) is 0 Å². The van der Waals surface area contributed by atoms with Crippen molar-refractivity contribution in [3.05, 3.63) is 29.7 Å². The Morgan fingerprint density at radius 2 is 2.04 bits per heavy atom. The molecule has 1 aliphatic heterocycles. The average Bonchev–Trinajstić information content (AvgIpc) is 3.31. The molecule has 1 N–H and O–H groups in total. The smallest absolute Gasteiger partial charge is 0.376 e. The molecule has 0 unspecified atom stereocenters. The number of fused-ring (bicyclic) bond motifs is 1. The number of esters is 1. The Balaban J connectivity index is 1.62. The van der Waals surface area contributed by atoms with Crippen molar-refractivity contribution in [3.63, 3.8) is 0 Å². The Bertz CT molecular complexity index is 854. The number of nitrogens with one attached hydrogen (secondary N) is 1. The number of nitrogens with zero attached hydrogens (tertiary/aromatic N) is 5. The van der Waals surface area contributed by atoms with Crippen LogP contribution < -0.4 is 9.80 Å². The second-order valence-electron chi connectivity index (χ2n) is 5.43. The number of ether oxygens (including phenoxy) is 1. The van der Waals surface area contributed by atoms with E-state index in [-0.39, 0.29) is 5.82 Å². The molecule has 0 saturated carbocycles. The van der Waals surface area contributed by atoms with Gasteiger partial charge in [-0.2, -0.15) is 5.10 Å². The van der Waals surface area contributed by atoms with E-state index >= 15 is 0 Å². The van der Waals surface area contributed by atoms with Gasteiger partial charge in [0.25, 0.3) is 0 Å². The SMILES string of the molecule is COC(=O)c1nc(N2CCN(c3cn[nH]c3)CC2)c2sccc2n1. The summed E-state index contributed by atoms with van der Waals surface area (Å²) in [5.74, 6) is 0.402. The first-order chi connectivity index (χ1) is 11.8. The average molecular weight is 344 g/mol. The van der Waals surface area contributed by atoms with E-state index in [1.165, 1.54) is 7.11 Å². The molecule has 1 fully saturated rings. The Morgan fingerprint density at radius 1 is 1.25 bits per heavy atom. The van der Waals surface area contributed by atoms with Crippen molar-refractivity contribution in [2.24, 2.45) is 0 Å². The summed E-state index contributed by atoms with van der Waals surface area (Å²) in [4.78, 5) is 25.1. The first kappa shape index (κ1) is 14.9. The van der Waals surface area contributed by atoms with E-state index in [0.29, 0.717) is 0 Å². The lowest BCUT2D eigenvalue weighted by molar-refractivity contribution is 0.0587. The van der Waals surface area contributed by atoms with Crippen LogP contribution in [0.2, 0.25) is 0 Å². The normalized spacial score (nSPS) is 15.0. The van der Waals surface area contributed by atoms with E-state index in [1.54, 1.807) is 11.3 Å². The summed E-state index contributed by atoms with van der Waals surface area (Å²) in [5, 5.41) is 8.80. The third kappa shape index (κ3) is 2.56.